The van der Waals surface area contributed by atoms with Crippen LogP contribution in [0.2, 0.25) is 0 Å². The summed E-state index contributed by atoms with van der Waals surface area (Å²) in [5, 5.41) is 2.45. The molecule has 3 N–H and O–H groups in total. The number of carbonyl (C=O) groups excluding carboxylic acids is 3. The molecule has 1 aromatic rings. The zero-order valence-electron chi connectivity index (χ0n) is 8.19. The molecule has 0 spiro atoms. The van der Waals surface area contributed by atoms with Crippen molar-refractivity contribution in [3.8, 4) is 0 Å². The third kappa shape index (κ3) is 1.58. The van der Waals surface area contributed by atoms with Crippen LogP contribution in [0, 0.1) is 0 Å². The number of fused-ring (bicyclic) bond motifs is 1. The molecule has 0 bridgehead atoms. The van der Waals surface area contributed by atoms with E-state index >= 15 is 0 Å². The van der Waals surface area contributed by atoms with E-state index in [2.05, 4.69) is 5.32 Å². The number of carbonyl (C=O) groups is 3. The van der Waals surface area contributed by atoms with Gasteiger partial charge in [0.1, 0.15) is 0 Å². The molecule has 2 rings (SSSR count). The van der Waals surface area contributed by atoms with Gasteiger partial charge in [0.2, 0.25) is 5.91 Å². The van der Waals surface area contributed by atoms with E-state index in [4.69, 9.17) is 5.73 Å². The van der Waals surface area contributed by atoms with Crippen LogP contribution in [-0.2, 0) is 9.59 Å². The first-order chi connectivity index (χ1) is 7.59. The van der Waals surface area contributed by atoms with Gasteiger partial charge in [0.15, 0.2) is 0 Å². The SMILES string of the molecule is NC(=O)C=Cc1cccc2c1NC(=O)C2=O. The number of Topliss-reactive ketones (excluding diaryl/α,β-unsaturated/α-hetero) is 1. The third-order valence-electron chi connectivity index (χ3n) is 2.21. The lowest BCUT2D eigenvalue weighted by molar-refractivity contribution is -0.113. The fourth-order valence-electron chi connectivity index (χ4n) is 1.50. The molecule has 0 fully saturated rings. The average Bonchev–Trinajstić information content (AvgIpc) is 2.53. The van der Waals surface area contributed by atoms with Gasteiger partial charge in [-0.05, 0) is 17.7 Å². The molecule has 0 saturated heterocycles. The van der Waals surface area contributed by atoms with Crippen LogP contribution in [0.5, 0.6) is 0 Å². The highest BCUT2D eigenvalue weighted by molar-refractivity contribution is 6.52. The molecule has 1 aliphatic rings. The number of primary amides is 1. The zero-order valence-corrected chi connectivity index (χ0v) is 8.19. The van der Waals surface area contributed by atoms with Crippen molar-refractivity contribution < 1.29 is 14.4 Å². The van der Waals surface area contributed by atoms with Crippen molar-refractivity contribution in [2.75, 3.05) is 5.32 Å². The molecule has 1 heterocycles. The van der Waals surface area contributed by atoms with Crippen LogP contribution in [0.1, 0.15) is 15.9 Å². The Kier molecular flexibility index (Phi) is 2.28. The van der Waals surface area contributed by atoms with E-state index < -0.39 is 17.6 Å². The molecular formula is C11H8N2O3. The predicted molar refractivity (Wildman–Crippen MR) is 57.6 cm³/mol. The largest absolute Gasteiger partial charge is 0.366 e. The second-order valence-electron chi connectivity index (χ2n) is 3.29. The standard InChI is InChI=1S/C11H8N2O3/c12-8(14)5-4-6-2-1-3-7-9(6)13-11(16)10(7)15/h1-5H,(H2,12,14)(H,13,15,16). The third-order valence-corrected chi connectivity index (χ3v) is 2.21. The van der Waals surface area contributed by atoms with Gasteiger partial charge in [-0.25, -0.2) is 0 Å². The molecule has 0 aliphatic carbocycles. The first-order valence-corrected chi connectivity index (χ1v) is 4.56. The van der Waals surface area contributed by atoms with Crippen molar-refractivity contribution in [3.63, 3.8) is 0 Å². The number of nitrogens with one attached hydrogen (secondary N) is 1. The Hall–Kier alpha value is -2.43. The smallest absolute Gasteiger partial charge is 0.296 e. The van der Waals surface area contributed by atoms with Crippen LogP contribution in [0.3, 0.4) is 0 Å². The molecule has 80 valence electrons. The number of para-hydroxylation sites is 1. The zero-order chi connectivity index (χ0) is 11.7. The molecule has 0 aromatic heterocycles. The number of ketones is 1. The number of hydrogen-bond donors (Lipinski definition) is 2. The molecule has 5 heteroatoms. The van der Waals surface area contributed by atoms with Gasteiger partial charge in [0, 0.05) is 6.08 Å². The maximum Gasteiger partial charge on any atom is 0.296 e. The van der Waals surface area contributed by atoms with E-state index in [9.17, 15) is 14.4 Å². The van der Waals surface area contributed by atoms with Gasteiger partial charge in [-0.3, -0.25) is 14.4 Å². The molecule has 0 radical (unpaired) electrons. The lowest BCUT2D eigenvalue weighted by atomic mass is 10.1. The van der Waals surface area contributed by atoms with Gasteiger partial charge in [-0.2, -0.15) is 0 Å². The number of nitrogens with two attached hydrogens (primary N) is 1. The van der Waals surface area contributed by atoms with E-state index in [1.807, 2.05) is 0 Å². The van der Waals surface area contributed by atoms with Crippen LogP contribution in [0.4, 0.5) is 5.69 Å². The Morgan fingerprint density at radius 3 is 2.75 bits per heavy atom. The van der Waals surface area contributed by atoms with E-state index in [1.165, 1.54) is 12.2 Å². The second kappa shape index (κ2) is 3.62. The van der Waals surface area contributed by atoms with Crippen LogP contribution < -0.4 is 11.1 Å². The van der Waals surface area contributed by atoms with Crippen LogP contribution in [0.15, 0.2) is 24.3 Å². The van der Waals surface area contributed by atoms with Crippen molar-refractivity contribution in [2.45, 2.75) is 0 Å². The van der Waals surface area contributed by atoms with Crippen molar-refractivity contribution in [1.29, 1.82) is 0 Å². The first-order valence-electron chi connectivity index (χ1n) is 4.56. The van der Waals surface area contributed by atoms with Crippen molar-refractivity contribution in [2.24, 2.45) is 5.73 Å². The molecule has 0 atom stereocenters. The normalized spacial score (nSPS) is 14.0. The average molecular weight is 216 g/mol. The van der Waals surface area contributed by atoms with Crippen molar-refractivity contribution >= 4 is 29.4 Å². The molecule has 5 nitrogen and oxygen atoms in total. The Morgan fingerprint density at radius 2 is 2.06 bits per heavy atom. The summed E-state index contributed by atoms with van der Waals surface area (Å²) in [5.74, 6) is -1.81. The summed E-state index contributed by atoms with van der Waals surface area (Å²) >= 11 is 0. The van der Waals surface area contributed by atoms with Gasteiger partial charge in [0.25, 0.3) is 11.7 Å². The minimum atomic E-state index is -0.657. The predicted octanol–water partition coefficient (Wildman–Crippen LogP) is 0.320. The minimum Gasteiger partial charge on any atom is -0.366 e. The van der Waals surface area contributed by atoms with E-state index in [0.29, 0.717) is 16.8 Å². The highest BCUT2D eigenvalue weighted by Crippen LogP contribution is 2.27. The topological polar surface area (TPSA) is 89.3 Å². The molecule has 2 amide bonds. The maximum absolute atomic E-state index is 11.4. The summed E-state index contributed by atoms with van der Waals surface area (Å²) in [6.45, 7) is 0. The Bertz CT molecular complexity index is 532. The van der Waals surface area contributed by atoms with E-state index in [1.54, 1.807) is 18.2 Å². The Morgan fingerprint density at radius 1 is 1.31 bits per heavy atom. The number of benzene rings is 1. The summed E-state index contributed by atoms with van der Waals surface area (Å²) in [5.41, 5.74) is 6.28. The highest BCUT2D eigenvalue weighted by atomic mass is 16.2. The van der Waals surface area contributed by atoms with Crippen molar-refractivity contribution in [1.82, 2.24) is 0 Å². The molecule has 0 unspecified atom stereocenters. The summed E-state index contributed by atoms with van der Waals surface area (Å²) in [7, 11) is 0. The molecule has 16 heavy (non-hydrogen) atoms. The highest BCUT2D eigenvalue weighted by Gasteiger charge is 2.28. The number of rotatable bonds is 2. The van der Waals surface area contributed by atoms with Crippen LogP contribution in [0.25, 0.3) is 6.08 Å². The Labute approximate surface area is 90.9 Å². The van der Waals surface area contributed by atoms with Gasteiger partial charge in [0.05, 0.1) is 11.3 Å². The van der Waals surface area contributed by atoms with Crippen LogP contribution in [-0.4, -0.2) is 17.6 Å². The van der Waals surface area contributed by atoms with Gasteiger partial charge in [-0.1, -0.05) is 12.1 Å². The monoisotopic (exact) mass is 216 g/mol. The Balaban J connectivity index is 2.48. The first kappa shape index (κ1) is 10.1. The van der Waals surface area contributed by atoms with Gasteiger partial charge in [-0.15, -0.1) is 0 Å². The molecule has 1 aliphatic heterocycles. The molecule has 0 saturated carbocycles. The fourth-order valence-corrected chi connectivity index (χ4v) is 1.50. The molecular weight excluding hydrogens is 208 g/mol. The van der Waals surface area contributed by atoms with Gasteiger partial charge < -0.3 is 11.1 Å². The fraction of sp³-hybridized carbons (Fsp3) is 0. The van der Waals surface area contributed by atoms with E-state index in [-0.39, 0.29) is 0 Å². The second-order valence-corrected chi connectivity index (χ2v) is 3.29. The van der Waals surface area contributed by atoms with Gasteiger partial charge >= 0.3 is 0 Å². The maximum atomic E-state index is 11.4. The lowest BCUT2D eigenvalue weighted by Crippen LogP contribution is -2.12. The van der Waals surface area contributed by atoms with Crippen molar-refractivity contribution in [3.05, 3.63) is 35.4 Å². The minimum absolute atomic E-state index is 0.316. The molecule has 1 aromatic carbocycles. The quantitative estimate of drug-likeness (QED) is 0.551. The lowest BCUT2D eigenvalue weighted by Gasteiger charge is -2.01. The summed E-state index contributed by atoms with van der Waals surface area (Å²) in [6, 6.07) is 4.87. The van der Waals surface area contributed by atoms with Crippen LogP contribution >= 0.6 is 0 Å². The van der Waals surface area contributed by atoms with E-state index in [0.717, 1.165) is 0 Å². The number of anilines is 1. The summed E-state index contributed by atoms with van der Waals surface area (Å²) in [6.07, 6.45) is 2.63. The summed E-state index contributed by atoms with van der Waals surface area (Å²) < 4.78 is 0. The number of hydrogen-bond acceptors (Lipinski definition) is 3. The number of amides is 2. The summed E-state index contributed by atoms with van der Waals surface area (Å²) in [4.78, 5) is 33.1.